The molecule has 1 aromatic carbocycles. The number of aromatic nitrogens is 1. The summed E-state index contributed by atoms with van der Waals surface area (Å²) in [7, 11) is 2.15. The number of rotatable bonds is 4. The smallest absolute Gasteiger partial charge is 0.227 e. The van der Waals surface area contributed by atoms with E-state index in [2.05, 4.69) is 89.2 Å². The maximum Gasteiger partial charge on any atom is 0.227 e. The van der Waals surface area contributed by atoms with Crippen molar-refractivity contribution in [3.05, 3.63) is 65.0 Å². The van der Waals surface area contributed by atoms with Crippen LogP contribution in [0.25, 0.3) is 22.1 Å². The number of benzene rings is 1. The molecule has 1 aliphatic heterocycles. The first kappa shape index (κ1) is 18.8. The summed E-state index contributed by atoms with van der Waals surface area (Å²) in [6.07, 6.45) is 8.80. The predicted molar refractivity (Wildman–Crippen MR) is 117 cm³/mol. The summed E-state index contributed by atoms with van der Waals surface area (Å²) < 4.78 is 6.41. The minimum atomic E-state index is -0.253. The summed E-state index contributed by atoms with van der Waals surface area (Å²) in [6, 6.07) is 8.69. The van der Waals surface area contributed by atoms with E-state index < -0.39 is 0 Å². The van der Waals surface area contributed by atoms with Crippen molar-refractivity contribution in [2.45, 2.75) is 53.0 Å². The SMILES string of the molecule is CCC1=CN(C)C(C)(c2c(C)ccc3c2oc2nc(CC(C)C)ccc23)C=C1. The van der Waals surface area contributed by atoms with Gasteiger partial charge in [0, 0.05) is 35.3 Å². The highest BCUT2D eigenvalue weighted by atomic mass is 16.3. The van der Waals surface area contributed by atoms with E-state index >= 15 is 0 Å². The largest absolute Gasteiger partial charge is 0.437 e. The molecule has 0 radical (unpaired) electrons. The number of allylic oxidation sites excluding steroid dienone is 2. The molecule has 1 aliphatic rings. The normalized spacial score (nSPS) is 19.8. The van der Waals surface area contributed by atoms with Crippen molar-refractivity contribution >= 4 is 22.1 Å². The van der Waals surface area contributed by atoms with Gasteiger partial charge >= 0.3 is 0 Å². The second kappa shape index (κ2) is 6.80. The Morgan fingerprint density at radius 3 is 2.57 bits per heavy atom. The number of fused-ring (bicyclic) bond motifs is 3. The number of hydrogen-bond donors (Lipinski definition) is 0. The Balaban J connectivity index is 1.93. The molecular formula is C25H30N2O. The lowest BCUT2D eigenvalue weighted by atomic mass is 9.83. The molecule has 0 bridgehead atoms. The lowest BCUT2D eigenvalue weighted by Crippen LogP contribution is -2.38. The summed E-state index contributed by atoms with van der Waals surface area (Å²) in [5.41, 5.74) is 6.34. The Morgan fingerprint density at radius 2 is 1.89 bits per heavy atom. The van der Waals surface area contributed by atoms with Crippen molar-refractivity contribution < 1.29 is 4.42 Å². The van der Waals surface area contributed by atoms with Crippen LogP contribution in [0.5, 0.6) is 0 Å². The van der Waals surface area contributed by atoms with Crippen LogP contribution in [0.3, 0.4) is 0 Å². The second-order valence-electron chi connectivity index (χ2n) is 8.64. The predicted octanol–water partition coefficient (Wildman–Crippen LogP) is 6.50. The minimum Gasteiger partial charge on any atom is -0.437 e. The number of aryl methyl sites for hydroxylation is 1. The highest BCUT2D eigenvalue weighted by molar-refractivity contribution is 6.05. The Morgan fingerprint density at radius 1 is 1.14 bits per heavy atom. The molecule has 2 aromatic heterocycles. The number of pyridine rings is 1. The molecule has 1 unspecified atom stereocenters. The van der Waals surface area contributed by atoms with Crippen molar-refractivity contribution in [1.82, 2.24) is 9.88 Å². The number of nitrogens with zero attached hydrogens (tertiary/aromatic N) is 2. The fraction of sp³-hybridized carbons (Fsp3) is 0.400. The quantitative estimate of drug-likeness (QED) is 0.522. The first-order valence-corrected chi connectivity index (χ1v) is 10.3. The van der Waals surface area contributed by atoms with E-state index in [1.54, 1.807) is 0 Å². The van der Waals surface area contributed by atoms with Crippen molar-refractivity contribution in [1.29, 1.82) is 0 Å². The van der Waals surface area contributed by atoms with Gasteiger partial charge in [-0.2, -0.15) is 0 Å². The monoisotopic (exact) mass is 374 g/mol. The zero-order valence-electron chi connectivity index (χ0n) is 17.8. The van der Waals surface area contributed by atoms with Gasteiger partial charge in [-0.15, -0.1) is 0 Å². The molecule has 0 saturated heterocycles. The Bertz CT molecular complexity index is 1100. The van der Waals surface area contributed by atoms with Crippen molar-refractivity contribution in [3.63, 3.8) is 0 Å². The molecule has 0 amide bonds. The molecule has 3 nitrogen and oxygen atoms in total. The third-order valence-corrected chi connectivity index (χ3v) is 6.02. The van der Waals surface area contributed by atoms with E-state index in [1.165, 1.54) is 16.7 Å². The topological polar surface area (TPSA) is 29.3 Å². The standard InChI is InChI=1S/C25H30N2O/c1-7-18-12-13-25(5,27(6)15-18)22-17(4)8-10-20-21-11-9-19(14-16(2)3)26-24(21)28-23(20)22/h8-13,15-16H,7,14H2,1-6H3. The average Bonchev–Trinajstić information content (AvgIpc) is 3.00. The summed E-state index contributed by atoms with van der Waals surface area (Å²) in [5.74, 6) is 0.576. The highest BCUT2D eigenvalue weighted by Gasteiger charge is 2.34. The van der Waals surface area contributed by atoms with Crippen molar-refractivity contribution in [2.75, 3.05) is 7.05 Å². The fourth-order valence-electron chi connectivity index (χ4n) is 4.30. The van der Waals surface area contributed by atoms with Gasteiger partial charge in [0.05, 0.1) is 5.54 Å². The maximum atomic E-state index is 6.41. The Labute approximate surface area is 167 Å². The number of likely N-dealkylation sites (N-methyl/N-ethyl adjacent to an activating group) is 1. The molecule has 3 aromatic rings. The number of hydrogen-bond acceptors (Lipinski definition) is 3. The zero-order valence-corrected chi connectivity index (χ0v) is 17.8. The molecule has 0 fully saturated rings. The van der Waals surface area contributed by atoms with Crippen molar-refractivity contribution in [3.8, 4) is 0 Å². The molecule has 3 heterocycles. The van der Waals surface area contributed by atoms with Crippen LogP contribution in [0.15, 0.2) is 52.6 Å². The van der Waals surface area contributed by atoms with Crippen LogP contribution in [0.1, 0.15) is 50.9 Å². The molecule has 0 aliphatic carbocycles. The molecular weight excluding hydrogens is 344 g/mol. The minimum absolute atomic E-state index is 0.253. The highest BCUT2D eigenvalue weighted by Crippen LogP contribution is 2.42. The molecule has 4 rings (SSSR count). The zero-order chi connectivity index (χ0) is 20.1. The third-order valence-electron chi connectivity index (χ3n) is 6.02. The van der Waals surface area contributed by atoms with Gasteiger partial charge in [-0.3, -0.25) is 0 Å². The molecule has 1 atom stereocenters. The van der Waals surface area contributed by atoms with Gasteiger partial charge in [0.1, 0.15) is 5.58 Å². The molecule has 0 saturated carbocycles. The number of furan rings is 1. The Hall–Kier alpha value is -2.55. The van der Waals surface area contributed by atoms with Crippen LogP contribution >= 0.6 is 0 Å². The van der Waals surface area contributed by atoms with Crippen LogP contribution < -0.4 is 0 Å². The fourth-order valence-corrected chi connectivity index (χ4v) is 4.30. The summed E-state index contributed by atoms with van der Waals surface area (Å²) in [6.45, 7) is 11.1. The average molecular weight is 375 g/mol. The lowest BCUT2D eigenvalue weighted by molar-refractivity contribution is 0.258. The second-order valence-corrected chi connectivity index (χ2v) is 8.64. The first-order valence-electron chi connectivity index (χ1n) is 10.3. The maximum absolute atomic E-state index is 6.41. The molecule has 28 heavy (non-hydrogen) atoms. The van der Waals surface area contributed by atoms with Crippen LogP contribution in [0, 0.1) is 12.8 Å². The first-order chi connectivity index (χ1) is 13.3. The van der Waals surface area contributed by atoms with Gasteiger partial charge in [-0.25, -0.2) is 4.98 Å². The van der Waals surface area contributed by atoms with E-state index in [0.29, 0.717) is 5.92 Å². The molecule has 3 heteroatoms. The van der Waals surface area contributed by atoms with E-state index in [1.807, 2.05) is 0 Å². The third kappa shape index (κ3) is 2.94. The van der Waals surface area contributed by atoms with Gasteiger partial charge < -0.3 is 9.32 Å². The van der Waals surface area contributed by atoms with Gasteiger partial charge in [0.25, 0.3) is 0 Å². The molecule has 0 spiro atoms. The van der Waals surface area contributed by atoms with Crippen LogP contribution in [0.2, 0.25) is 0 Å². The van der Waals surface area contributed by atoms with E-state index in [4.69, 9.17) is 9.40 Å². The van der Waals surface area contributed by atoms with Crippen LogP contribution in [0.4, 0.5) is 0 Å². The Kier molecular flexibility index (Phi) is 4.57. The molecule has 146 valence electrons. The van der Waals surface area contributed by atoms with E-state index in [9.17, 15) is 0 Å². The van der Waals surface area contributed by atoms with Gasteiger partial charge in [0.2, 0.25) is 5.71 Å². The van der Waals surface area contributed by atoms with Crippen molar-refractivity contribution in [2.24, 2.45) is 5.92 Å². The van der Waals surface area contributed by atoms with E-state index in [-0.39, 0.29) is 5.54 Å². The van der Waals surface area contributed by atoms with Gasteiger partial charge in [0.15, 0.2) is 0 Å². The van der Waals surface area contributed by atoms with Gasteiger partial charge in [-0.1, -0.05) is 45.1 Å². The summed E-state index contributed by atoms with van der Waals surface area (Å²) >= 11 is 0. The van der Waals surface area contributed by atoms with E-state index in [0.717, 1.165) is 40.6 Å². The molecule has 0 N–H and O–H groups in total. The van der Waals surface area contributed by atoms with Crippen LogP contribution in [-0.2, 0) is 12.0 Å². The van der Waals surface area contributed by atoms with Crippen LogP contribution in [-0.4, -0.2) is 16.9 Å². The summed E-state index contributed by atoms with van der Waals surface area (Å²) in [5, 5.41) is 2.24. The lowest BCUT2D eigenvalue weighted by Gasteiger charge is -2.40. The summed E-state index contributed by atoms with van der Waals surface area (Å²) in [4.78, 5) is 7.13. The van der Waals surface area contributed by atoms with Gasteiger partial charge in [-0.05, 0) is 55.9 Å².